The predicted molar refractivity (Wildman–Crippen MR) is 233 cm³/mol. The fourth-order valence-corrected chi connectivity index (χ4v) is 15.1. The van der Waals surface area contributed by atoms with E-state index in [0.29, 0.717) is 25.7 Å². The summed E-state index contributed by atoms with van der Waals surface area (Å²) in [6, 6.07) is 0. The largest absolute Gasteiger partial charge is 0.481 e. The molecule has 24 atom stereocenters. The third kappa shape index (κ3) is 8.03. The Hall–Kier alpha value is -1.96. The van der Waals surface area contributed by atoms with Crippen LogP contribution in [-0.4, -0.2) is 191 Å². The lowest BCUT2D eigenvalue weighted by molar-refractivity contribution is -0.384. The zero-order valence-corrected chi connectivity index (χ0v) is 39.9. The van der Waals surface area contributed by atoms with E-state index in [9.17, 15) is 70.9 Å². The highest BCUT2D eigenvalue weighted by molar-refractivity contribution is 5.76. The maximum Gasteiger partial charge on any atom is 0.335 e. The van der Waals surface area contributed by atoms with Gasteiger partial charge >= 0.3 is 11.9 Å². The first-order valence-corrected chi connectivity index (χ1v) is 24.5. The van der Waals surface area contributed by atoms with Gasteiger partial charge in [-0.3, -0.25) is 4.79 Å². The minimum atomic E-state index is -2.08. The van der Waals surface area contributed by atoms with Crippen LogP contribution >= 0.6 is 0 Å². The van der Waals surface area contributed by atoms with Crippen LogP contribution in [0.15, 0.2) is 11.6 Å². The van der Waals surface area contributed by atoms with Crippen LogP contribution in [0.5, 0.6) is 0 Å². The molecule has 8 rings (SSSR count). The van der Waals surface area contributed by atoms with Crippen LogP contribution in [0.4, 0.5) is 0 Å². The molecule has 0 spiro atoms. The smallest absolute Gasteiger partial charge is 0.335 e. The Labute approximate surface area is 396 Å². The molecule has 12 N–H and O–H groups in total. The van der Waals surface area contributed by atoms with E-state index in [1.165, 1.54) is 5.57 Å². The van der Waals surface area contributed by atoms with Crippen LogP contribution in [0.25, 0.3) is 0 Å². The standard InChI is InChI=1S/C48H76O20/c1-43(2)13-15-48(42(61)62)16-14-46(5)21(22(48)17-43)7-8-26-44(3)11-10-27(45(4,20-51)25(44)9-12-47(26,46)6)65-40-33(57)35(28(52)23(18-49)63-40)67-41-34(58)36(29(53)24(19-50)64-41)66-39-32(56)30(54)31(55)37(68-39)38(59)60/h7,22-37,39-41,49-58H,8-20H2,1-6H3,(H,59,60)(H,61,62)/t22-,23+,24+,25+,26+,27-,28-,29-,30-,31-,32+,33+,34+,35-,36-,37-,39+,40-,41-,44-,45-,46+,47+,48-/m0/s1. The lowest BCUT2D eigenvalue weighted by Gasteiger charge is -2.71. The number of carboxylic acids is 2. The summed E-state index contributed by atoms with van der Waals surface area (Å²) in [5, 5.41) is 129. The number of hydrogen-bond donors (Lipinski definition) is 12. The fraction of sp³-hybridized carbons (Fsp3) is 0.917. The Morgan fingerprint density at radius 1 is 0.632 bits per heavy atom. The number of aliphatic hydroxyl groups is 10. The molecule has 3 aliphatic heterocycles. The highest BCUT2D eigenvalue weighted by atomic mass is 16.8. The van der Waals surface area contributed by atoms with Crippen molar-refractivity contribution in [1.29, 1.82) is 0 Å². The summed E-state index contributed by atoms with van der Waals surface area (Å²) in [5.74, 6) is -2.30. The fourth-order valence-electron chi connectivity index (χ4n) is 15.1. The molecule has 7 fully saturated rings. The first kappa shape index (κ1) is 52.4. The molecule has 0 aromatic heterocycles. The Balaban J connectivity index is 1.01. The Morgan fingerprint density at radius 2 is 1.19 bits per heavy atom. The second-order valence-electron chi connectivity index (χ2n) is 23.4. The van der Waals surface area contributed by atoms with Crippen LogP contribution < -0.4 is 0 Å². The van der Waals surface area contributed by atoms with Gasteiger partial charge in [-0.05, 0) is 104 Å². The van der Waals surface area contributed by atoms with Gasteiger partial charge in [0.25, 0.3) is 0 Å². The SMILES string of the molecule is CC1(C)CC[C@]2(C(=O)O)CC[C@]3(C)C(=CC[C@@H]4[C@@]5(C)CC[C@H](O[C@@H]6O[C@H](CO)[C@H](O)[C@H](O[C@@H]7O[C@H](CO)[C@H](O)[C@H](O[C@@H]8O[C@H](C(=O)O)[C@@H](O)[C@H](O)[C@H]8O)[C@H]7O)[C@H]6O)[C@@](C)(CO)[C@@H]5CC[C@]43C)[C@@H]2C1. The zero-order valence-electron chi connectivity index (χ0n) is 39.9. The van der Waals surface area contributed by atoms with Gasteiger partial charge in [0.15, 0.2) is 25.0 Å². The molecule has 0 radical (unpaired) electrons. The van der Waals surface area contributed by atoms with Crippen molar-refractivity contribution in [2.24, 2.45) is 50.2 Å². The van der Waals surface area contributed by atoms with E-state index in [1.54, 1.807) is 0 Å². The molecule has 3 heterocycles. The molecule has 0 aromatic rings. The molecule has 4 saturated carbocycles. The molecule has 0 aromatic carbocycles. The van der Waals surface area contributed by atoms with Crippen LogP contribution in [0, 0.1) is 50.2 Å². The molecule has 3 saturated heterocycles. The molecule has 388 valence electrons. The first-order valence-electron chi connectivity index (χ1n) is 24.5. The Morgan fingerprint density at radius 3 is 1.74 bits per heavy atom. The maximum absolute atomic E-state index is 13.1. The summed E-state index contributed by atoms with van der Waals surface area (Å²) in [4.78, 5) is 24.9. The zero-order chi connectivity index (χ0) is 49.8. The van der Waals surface area contributed by atoms with Crippen molar-refractivity contribution in [3.63, 3.8) is 0 Å². The van der Waals surface area contributed by atoms with Crippen molar-refractivity contribution in [2.45, 2.75) is 204 Å². The van der Waals surface area contributed by atoms with Crippen molar-refractivity contribution in [3.8, 4) is 0 Å². The van der Waals surface area contributed by atoms with Crippen LogP contribution in [0.2, 0.25) is 0 Å². The average Bonchev–Trinajstić information content (AvgIpc) is 3.28. The number of rotatable bonds is 11. The Bertz CT molecular complexity index is 1900. The molecule has 8 aliphatic rings. The van der Waals surface area contributed by atoms with Gasteiger partial charge in [-0.15, -0.1) is 0 Å². The van der Waals surface area contributed by atoms with Crippen LogP contribution in [-0.2, 0) is 38.0 Å². The van der Waals surface area contributed by atoms with Crippen LogP contribution in [0.3, 0.4) is 0 Å². The van der Waals surface area contributed by atoms with Gasteiger partial charge in [-0.25, -0.2) is 4.79 Å². The van der Waals surface area contributed by atoms with Gasteiger partial charge in [0.2, 0.25) is 0 Å². The molecule has 5 aliphatic carbocycles. The lowest BCUT2D eigenvalue weighted by Crippen LogP contribution is -2.68. The minimum absolute atomic E-state index is 0.0303. The predicted octanol–water partition coefficient (Wildman–Crippen LogP) is -0.229. The van der Waals surface area contributed by atoms with E-state index in [-0.39, 0.29) is 46.0 Å². The van der Waals surface area contributed by atoms with Crippen LogP contribution in [0.1, 0.15) is 106 Å². The first-order chi connectivity index (χ1) is 31.8. The summed E-state index contributed by atoms with van der Waals surface area (Å²) in [6.07, 6.45) is -19.0. The molecular weight excluding hydrogens is 897 g/mol. The quantitative estimate of drug-likeness (QED) is 0.0940. The molecular formula is C48H76O20. The number of fused-ring (bicyclic) bond motifs is 7. The lowest BCUT2D eigenvalue weighted by atomic mass is 9.33. The molecule has 68 heavy (non-hydrogen) atoms. The van der Waals surface area contributed by atoms with Gasteiger partial charge in [-0.1, -0.05) is 53.2 Å². The van der Waals surface area contributed by atoms with E-state index >= 15 is 0 Å². The third-order valence-corrected chi connectivity index (χ3v) is 19.5. The summed E-state index contributed by atoms with van der Waals surface area (Å²) in [7, 11) is 0. The number of carboxylic acid groups (broad SMARTS) is 2. The third-order valence-electron chi connectivity index (χ3n) is 19.5. The minimum Gasteiger partial charge on any atom is -0.481 e. The summed E-state index contributed by atoms with van der Waals surface area (Å²) in [6.45, 7) is 11.6. The second-order valence-corrected chi connectivity index (χ2v) is 23.4. The summed E-state index contributed by atoms with van der Waals surface area (Å²) >= 11 is 0. The molecule has 0 bridgehead atoms. The molecule has 20 heteroatoms. The number of allylic oxidation sites excluding steroid dienone is 2. The van der Waals surface area contributed by atoms with Gasteiger partial charge in [0.05, 0.1) is 31.3 Å². The van der Waals surface area contributed by atoms with Crippen molar-refractivity contribution in [1.82, 2.24) is 0 Å². The van der Waals surface area contributed by atoms with Gasteiger partial charge in [0.1, 0.15) is 67.1 Å². The summed E-state index contributed by atoms with van der Waals surface area (Å²) < 4.78 is 35.0. The van der Waals surface area contributed by atoms with Crippen molar-refractivity contribution >= 4 is 11.9 Å². The number of aliphatic carboxylic acids is 2. The van der Waals surface area contributed by atoms with E-state index in [0.717, 1.165) is 38.5 Å². The van der Waals surface area contributed by atoms with E-state index < -0.39 is 134 Å². The normalized spacial score (nSPS) is 53.5. The van der Waals surface area contributed by atoms with Crippen molar-refractivity contribution in [2.75, 3.05) is 19.8 Å². The number of hydrogen-bond acceptors (Lipinski definition) is 18. The van der Waals surface area contributed by atoms with Gasteiger partial charge in [-0.2, -0.15) is 0 Å². The van der Waals surface area contributed by atoms with E-state index in [4.69, 9.17) is 28.4 Å². The van der Waals surface area contributed by atoms with E-state index in [1.807, 2.05) is 6.92 Å². The molecule has 0 amide bonds. The van der Waals surface area contributed by atoms with Gasteiger partial charge in [0, 0.05) is 5.41 Å². The second kappa shape index (κ2) is 18.5. The highest BCUT2D eigenvalue weighted by Gasteiger charge is 2.70. The topological polar surface area (TPSA) is 332 Å². The highest BCUT2D eigenvalue weighted by Crippen LogP contribution is 2.76. The Kier molecular flexibility index (Phi) is 14.3. The molecule has 0 unspecified atom stereocenters. The number of carbonyl (C=O) groups is 2. The average molecular weight is 973 g/mol. The monoisotopic (exact) mass is 972 g/mol. The summed E-state index contributed by atoms with van der Waals surface area (Å²) in [5.41, 5.74) is -0.969. The van der Waals surface area contributed by atoms with Crippen molar-refractivity contribution in [3.05, 3.63) is 11.6 Å². The molecule has 20 nitrogen and oxygen atoms in total. The maximum atomic E-state index is 13.1. The van der Waals surface area contributed by atoms with E-state index in [2.05, 4.69) is 40.7 Å². The number of aliphatic hydroxyl groups excluding tert-OH is 10. The van der Waals surface area contributed by atoms with Gasteiger partial charge < -0.3 is 89.7 Å². The number of ether oxygens (including phenoxy) is 6. The van der Waals surface area contributed by atoms with Crippen molar-refractivity contribution < 1.29 is 99.3 Å².